The quantitative estimate of drug-likeness (QED) is 0.612. The molecule has 1 heterocycles. The Morgan fingerprint density at radius 1 is 1.18 bits per heavy atom. The minimum absolute atomic E-state index is 0.719. The lowest BCUT2D eigenvalue weighted by molar-refractivity contribution is 0.692. The summed E-state index contributed by atoms with van der Waals surface area (Å²) in [6.45, 7) is 1.00. The first-order chi connectivity index (χ1) is 8.31. The largest absolute Gasteiger partial charge is 0.383 e. The van der Waals surface area contributed by atoms with Crippen LogP contribution in [-0.2, 0) is 19.3 Å². The summed E-state index contributed by atoms with van der Waals surface area (Å²) in [7, 11) is 1.96. The van der Waals surface area contributed by atoms with Crippen LogP contribution in [0.1, 0.15) is 42.8 Å². The third-order valence-corrected chi connectivity index (χ3v) is 3.34. The Morgan fingerprint density at radius 3 is 2.82 bits per heavy atom. The lowest BCUT2D eigenvalue weighted by Gasteiger charge is -2.10. The van der Waals surface area contributed by atoms with E-state index >= 15 is 0 Å². The number of aromatic nitrogens is 2. The molecule has 1 aliphatic carbocycles. The van der Waals surface area contributed by atoms with Crippen molar-refractivity contribution in [3.05, 3.63) is 17.1 Å². The number of fused-ring (bicyclic) bond motifs is 1. The van der Waals surface area contributed by atoms with Crippen LogP contribution < -0.4 is 11.1 Å². The average Bonchev–Trinajstić information content (AvgIpc) is 2.55. The highest BCUT2D eigenvalue weighted by atomic mass is 15.0. The zero-order valence-corrected chi connectivity index (χ0v) is 10.6. The van der Waals surface area contributed by atoms with Gasteiger partial charge >= 0.3 is 0 Å². The van der Waals surface area contributed by atoms with E-state index in [4.69, 9.17) is 5.73 Å². The third-order valence-electron chi connectivity index (χ3n) is 3.34. The summed E-state index contributed by atoms with van der Waals surface area (Å²) in [5.74, 6) is 1.63. The molecule has 1 aromatic rings. The summed E-state index contributed by atoms with van der Waals surface area (Å²) in [6, 6.07) is 0. The zero-order chi connectivity index (χ0) is 12.1. The lowest BCUT2D eigenvalue weighted by atomic mass is 10.1. The van der Waals surface area contributed by atoms with E-state index in [1.807, 2.05) is 7.05 Å². The molecule has 94 valence electrons. The summed E-state index contributed by atoms with van der Waals surface area (Å²) >= 11 is 0. The highest BCUT2D eigenvalue weighted by Gasteiger charge is 2.14. The smallest absolute Gasteiger partial charge is 0.131 e. The predicted octanol–water partition coefficient (Wildman–Crippen LogP) is 1.48. The Kier molecular flexibility index (Phi) is 4.31. The minimum Gasteiger partial charge on any atom is -0.383 e. The van der Waals surface area contributed by atoms with E-state index in [1.165, 1.54) is 30.5 Å². The number of aryl methyl sites for hydroxylation is 2. The van der Waals surface area contributed by atoms with Crippen molar-refractivity contribution in [2.45, 2.75) is 44.9 Å². The molecule has 3 N–H and O–H groups in total. The summed E-state index contributed by atoms with van der Waals surface area (Å²) in [5.41, 5.74) is 8.46. The molecule has 0 saturated carbocycles. The molecule has 4 nitrogen and oxygen atoms in total. The second kappa shape index (κ2) is 5.96. The molecule has 4 heteroatoms. The van der Waals surface area contributed by atoms with E-state index in [9.17, 15) is 0 Å². The SMILES string of the molecule is CNCCCc1nc(N)c2c(n1)CCCCC2. The molecule has 0 saturated heterocycles. The molecule has 1 aromatic heterocycles. The van der Waals surface area contributed by atoms with Crippen LogP contribution in [0.25, 0.3) is 0 Å². The summed E-state index contributed by atoms with van der Waals surface area (Å²) < 4.78 is 0. The fourth-order valence-electron chi connectivity index (χ4n) is 2.39. The number of nitrogens with zero attached hydrogens (tertiary/aromatic N) is 2. The third kappa shape index (κ3) is 3.16. The van der Waals surface area contributed by atoms with Crippen LogP contribution >= 0.6 is 0 Å². The van der Waals surface area contributed by atoms with E-state index in [2.05, 4.69) is 15.3 Å². The number of nitrogens with two attached hydrogens (primary N) is 1. The van der Waals surface area contributed by atoms with Gasteiger partial charge in [-0.25, -0.2) is 9.97 Å². The van der Waals surface area contributed by atoms with Crippen molar-refractivity contribution in [3.8, 4) is 0 Å². The summed E-state index contributed by atoms with van der Waals surface area (Å²) in [5, 5.41) is 3.14. The van der Waals surface area contributed by atoms with E-state index < -0.39 is 0 Å². The van der Waals surface area contributed by atoms with E-state index in [0.29, 0.717) is 0 Å². The minimum atomic E-state index is 0.719. The fraction of sp³-hybridized carbons (Fsp3) is 0.692. The van der Waals surface area contributed by atoms with Gasteiger partial charge in [0.1, 0.15) is 11.6 Å². The van der Waals surface area contributed by atoms with Crippen LogP contribution in [0.3, 0.4) is 0 Å². The Morgan fingerprint density at radius 2 is 2.00 bits per heavy atom. The molecule has 0 amide bonds. The fourth-order valence-corrected chi connectivity index (χ4v) is 2.39. The lowest BCUT2D eigenvalue weighted by Crippen LogP contribution is -2.12. The summed E-state index contributed by atoms with van der Waals surface area (Å²) in [4.78, 5) is 9.13. The second-order valence-corrected chi connectivity index (χ2v) is 4.72. The number of hydrogen-bond acceptors (Lipinski definition) is 4. The van der Waals surface area contributed by atoms with Crippen LogP contribution in [0.5, 0.6) is 0 Å². The standard InChI is InChI=1S/C13H22N4/c1-15-9-5-8-12-16-11-7-4-2-3-6-10(11)13(14)17-12/h15H,2-9H2,1H3,(H2,14,16,17). The first-order valence-electron chi connectivity index (χ1n) is 6.60. The second-order valence-electron chi connectivity index (χ2n) is 4.72. The Labute approximate surface area is 103 Å². The molecule has 0 atom stereocenters. The van der Waals surface area contributed by atoms with Crippen molar-refractivity contribution in [1.82, 2.24) is 15.3 Å². The van der Waals surface area contributed by atoms with Gasteiger partial charge in [-0.1, -0.05) is 6.42 Å². The maximum atomic E-state index is 6.05. The van der Waals surface area contributed by atoms with Gasteiger partial charge in [0, 0.05) is 17.7 Å². The Balaban J connectivity index is 2.14. The highest BCUT2D eigenvalue weighted by molar-refractivity contribution is 5.43. The molecule has 0 unspecified atom stereocenters. The van der Waals surface area contributed by atoms with Crippen LogP contribution in [0.4, 0.5) is 5.82 Å². The van der Waals surface area contributed by atoms with Crippen LogP contribution in [0.2, 0.25) is 0 Å². The topological polar surface area (TPSA) is 63.8 Å². The molecule has 2 rings (SSSR count). The van der Waals surface area contributed by atoms with Gasteiger partial charge in [-0.05, 0) is 45.7 Å². The van der Waals surface area contributed by atoms with Crippen molar-refractivity contribution in [3.63, 3.8) is 0 Å². The van der Waals surface area contributed by atoms with Gasteiger partial charge in [-0.15, -0.1) is 0 Å². The van der Waals surface area contributed by atoms with E-state index in [0.717, 1.165) is 43.9 Å². The predicted molar refractivity (Wildman–Crippen MR) is 70.0 cm³/mol. The summed E-state index contributed by atoms with van der Waals surface area (Å²) in [6.07, 6.45) is 7.84. The number of hydrogen-bond donors (Lipinski definition) is 2. The zero-order valence-electron chi connectivity index (χ0n) is 10.6. The molecule has 0 aromatic carbocycles. The van der Waals surface area contributed by atoms with Crippen molar-refractivity contribution < 1.29 is 0 Å². The van der Waals surface area contributed by atoms with E-state index in [-0.39, 0.29) is 0 Å². The first kappa shape index (κ1) is 12.3. The molecule has 0 spiro atoms. The Hall–Kier alpha value is -1.16. The van der Waals surface area contributed by atoms with Gasteiger partial charge in [-0.3, -0.25) is 0 Å². The molecule has 0 aliphatic heterocycles. The molecule has 1 aliphatic rings. The number of nitrogens with one attached hydrogen (secondary N) is 1. The van der Waals surface area contributed by atoms with Gasteiger partial charge < -0.3 is 11.1 Å². The van der Waals surface area contributed by atoms with Crippen LogP contribution in [0.15, 0.2) is 0 Å². The van der Waals surface area contributed by atoms with Gasteiger partial charge in [0.2, 0.25) is 0 Å². The maximum Gasteiger partial charge on any atom is 0.131 e. The van der Waals surface area contributed by atoms with Crippen molar-refractivity contribution in [2.24, 2.45) is 0 Å². The molecular formula is C13H22N4. The molecular weight excluding hydrogens is 212 g/mol. The van der Waals surface area contributed by atoms with Crippen molar-refractivity contribution >= 4 is 5.82 Å². The molecule has 0 fully saturated rings. The number of nitrogen functional groups attached to an aromatic ring is 1. The van der Waals surface area contributed by atoms with Crippen molar-refractivity contribution in [2.75, 3.05) is 19.3 Å². The molecule has 0 bridgehead atoms. The van der Waals surface area contributed by atoms with Gasteiger partial charge in [0.15, 0.2) is 0 Å². The van der Waals surface area contributed by atoms with Gasteiger partial charge in [-0.2, -0.15) is 0 Å². The maximum absolute atomic E-state index is 6.05. The van der Waals surface area contributed by atoms with Crippen LogP contribution in [0, 0.1) is 0 Å². The normalized spacial score (nSPS) is 15.4. The average molecular weight is 234 g/mol. The van der Waals surface area contributed by atoms with E-state index in [1.54, 1.807) is 0 Å². The van der Waals surface area contributed by atoms with Gasteiger partial charge in [0.25, 0.3) is 0 Å². The molecule has 0 radical (unpaired) electrons. The van der Waals surface area contributed by atoms with Crippen molar-refractivity contribution in [1.29, 1.82) is 0 Å². The highest BCUT2D eigenvalue weighted by Crippen LogP contribution is 2.23. The van der Waals surface area contributed by atoms with Crippen LogP contribution in [-0.4, -0.2) is 23.6 Å². The number of anilines is 1. The number of rotatable bonds is 4. The van der Waals surface area contributed by atoms with Gasteiger partial charge in [0.05, 0.1) is 0 Å². The first-order valence-corrected chi connectivity index (χ1v) is 6.60. The monoisotopic (exact) mass is 234 g/mol. The Bertz CT molecular complexity index is 376. The molecule has 17 heavy (non-hydrogen) atoms.